The summed E-state index contributed by atoms with van der Waals surface area (Å²) in [7, 11) is 0. The standard InChI is InChI=1S/C13H13Br2ClO/c1-7-4-10(14)9(6-12(7)16)5-11(15)13(17)8-2-3-8/h4,6,8,11H,2-3,5H2,1H3. The van der Waals surface area contributed by atoms with Gasteiger partial charge in [0.15, 0.2) is 0 Å². The molecule has 92 valence electrons. The Morgan fingerprint density at radius 3 is 2.76 bits per heavy atom. The zero-order chi connectivity index (χ0) is 12.6. The van der Waals surface area contributed by atoms with Crippen molar-refractivity contribution < 1.29 is 4.79 Å². The molecule has 2 rings (SSSR count). The number of halogens is 3. The zero-order valence-corrected chi connectivity index (χ0v) is 13.4. The monoisotopic (exact) mass is 378 g/mol. The van der Waals surface area contributed by atoms with Gasteiger partial charge in [-0.05, 0) is 49.4 Å². The average molecular weight is 381 g/mol. The van der Waals surface area contributed by atoms with Gasteiger partial charge in [0.05, 0.1) is 4.83 Å². The van der Waals surface area contributed by atoms with E-state index in [0.717, 1.165) is 33.5 Å². The van der Waals surface area contributed by atoms with Crippen molar-refractivity contribution in [2.24, 2.45) is 5.92 Å². The number of alkyl halides is 1. The highest BCUT2D eigenvalue weighted by Gasteiger charge is 2.33. The second-order valence-electron chi connectivity index (χ2n) is 4.54. The van der Waals surface area contributed by atoms with Gasteiger partial charge >= 0.3 is 0 Å². The number of ketones is 1. The van der Waals surface area contributed by atoms with Gasteiger partial charge in [0, 0.05) is 15.4 Å². The molecule has 0 amide bonds. The summed E-state index contributed by atoms with van der Waals surface area (Å²) in [6.07, 6.45) is 2.80. The topological polar surface area (TPSA) is 17.1 Å². The van der Waals surface area contributed by atoms with Crippen LogP contribution in [0.2, 0.25) is 5.02 Å². The van der Waals surface area contributed by atoms with E-state index >= 15 is 0 Å². The Kier molecular flexibility index (Phi) is 4.32. The van der Waals surface area contributed by atoms with E-state index in [1.807, 2.05) is 19.1 Å². The Hall–Kier alpha value is 0.140. The van der Waals surface area contributed by atoms with Crippen LogP contribution in [0.5, 0.6) is 0 Å². The summed E-state index contributed by atoms with van der Waals surface area (Å²) in [6, 6.07) is 3.94. The van der Waals surface area contributed by atoms with Crippen LogP contribution in [-0.4, -0.2) is 10.6 Å². The Labute approximate surface area is 123 Å². The maximum absolute atomic E-state index is 11.9. The van der Waals surface area contributed by atoms with Gasteiger partial charge in [-0.2, -0.15) is 0 Å². The first-order valence-electron chi connectivity index (χ1n) is 5.61. The van der Waals surface area contributed by atoms with Gasteiger partial charge in [-0.3, -0.25) is 4.79 Å². The molecular formula is C13H13Br2ClO. The maximum atomic E-state index is 11.9. The fourth-order valence-corrected chi connectivity index (χ4v) is 3.29. The zero-order valence-electron chi connectivity index (χ0n) is 9.47. The highest BCUT2D eigenvalue weighted by molar-refractivity contribution is 9.10. The first-order chi connectivity index (χ1) is 7.99. The molecule has 0 N–H and O–H groups in total. The Morgan fingerprint density at radius 1 is 1.53 bits per heavy atom. The Morgan fingerprint density at radius 2 is 2.18 bits per heavy atom. The van der Waals surface area contributed by atoms with Crippen LogP contribution in [0.3, 0.4) is 0 Å². The molecule has 17 heavy (non-hydrogen) atoms. The van der Waals surface area contributed by atoms with Gasteiger partial charge in [0.25, 0.3) is 0 Å². The van der Waals surface area contributed by atoms with Gasteiger partial charge in [0.2, 0.25) is 0 Å². The van der Waals surface area contributed by atoms with Crippen molar-refractivity contribution in [3.8, 4) is 0 Å². The van der Waals surface area contributed by atoms with Crippen LogP contribution >= 0.6 is 43.5 Å². The average Bonchev–Trinajstić information content (AvgIpc) is 3.08. The van der Waals surface area contributed by atoms with E-state index in [4.69, 9.17) is 11.6 Å². The number of aryl methyl sites for hydroxylation is 1. The Bertz CT molecular complexity index is 455. The van der Waals surface area contributed by atoms with Crippen LogP contribution in [0.15, 0.2) is 16.6 Å². The second kappa shape index (κ2) is 5.41. The molecule has 1 aromatic rings. The normalized spacial score (nSPS) is 16.9. The lowest BCUT2D eigenvalue weighted by Crippen LogP contribution is -2.18. The van der Waals surface area contributed by atoms with E-state index in [1.165, 1.54) is 0 Å². The van der Waals surface area contributed by atoms with E-state index < -0.39 is 0 Å². The molecule has 1 aromatic carbocycles. The molecule has 0 aromatic heterocycles. The van der Waals surface area contributed by atoms with Gasteiger partial charge in [0.1, 0.15) is 5.78 Å². The van der Waals surface area contributed by atoms with E-state index in [9.17, 15) is 4.79 Å². The van der Waals surface area contributed by atoms with Crippen LogP contribution < -0.4 is 0 Å². The van der Waals surface area contributed by atoms with Crippen LogP contribution in [-0.2, 0) is 11.2 Å². The molecule has 1 aliphatic carbocycles. The summed E-state index contributed by atoms with van der Waals surface area (Å²) in [5.74, 6) is 0.618. The first kappa shape index (κ1) is 13.6. The molecule has 0 bridgehead atoms. The van der Waals surface area contributed by atoms with Crippen molar-refractivity contribution in [1.82, 2.24) is 0 Å². The van der Waals surface area contributed by atoms with Gasteiger partial charge in [-0.25, -0.2) is 0 Å². The highest BCUT2D eigenvalue weighted by Crippen LogP contribution is 2.34. The summed E-state index contributed by atoms with van der Waals surface area (Å²) in [5.41, 5.74) is 2.12. The van der Waals surface area contributed by atoms with Crippen molar-refractivity contribution in [1.29, 1.82) is 0 Å². The molecule has 1 nitrogen and oxygen atoms in total. The smallest absolute Gasteiger partial charge is 0.149 e. The lowest BCUT2D eigenvalue weighted by atomic mass is 10.0. The van der Waals surface area contributed by atoms with Gasteiger partial charge in [-0.15, -0.1) is 0 Å². The molecule has 1 aliphatic rings. The minimum atomic E-state index is -0.0925. The quantitative estimate of drug-likeness (QED) is 0.692. The van der Waals surface area contributed by atoms with Gasteiger partial charge in [-0.1, -0.05) is 43.5 Å². The molecule has 0 heterocycles. The first-order valence-corrected chi connectivity index (χ1v) is 7.70. The van der Waals surface area contributed by atoms with Crippen molar-refractivity contribution in [3.05, 3.63) is 32.8 Å². The molecule has 1 unspecified atom stereocenters. The number of benzene rings is 1. The number of hydrogen-bond acceptors (Lipinski definition) is 1. The number of carbonyl (C=O) groups excluding carboxylic acids is 1. The predicted molar refractivity (Wildman–Crippen MR) is 78.0 cm³/mol. The minimum Gasteiger partial charge on any atom is -0.298 e. The summed E-state index contributed by atoms with van der Waals surface area (Å²) >= 11 is 13.1. The van der Waals surface area contributed by atoms with Crippen LogP contribution in [0.4, 0.5) is 0 Å². The molecule has 1 saturated carbocycles. The predicted octanol–water partition coefficient (Wildman–Crippen LogP) is 4.70. The number of carbonyl (C=O) groups is 1. The molecule has 0 aliphatic heterocycles. The molecular weight excluding hydrogens is 367 g/mol. The highest BCUT2D eigenvalue weighted by atomic mass is 79.9. The fraction of sp³-hybridized carbons (Fsp3) is 0.462. The van der Waals surface area contributed by atoms with E-state index in [0.29, 0.717) is 18.1 Å². The molecule has 0 spiro atoms. The van der Waals surface area contributed by atoms with Crippen LogP contribution in [0.25, 0.3) is 0 Å². The SMILES string of the molecule is Cc1cc(Br)c(CC(Br)C(=O)C2CC2)cc1Cl. The number of Topliss-reactive ketones (excluding diaryl/α,β-unsaturated/α-hetero) is 1. The van der Waals surface area contributed by atoms with Crippen LogP contribution in [0.1, 0.15) is 24.0 Å². The summed E-state index contributed by atoms with van der Waals surface area (Å²) in [4.78, 5) is 11.8. The molecule has 1 atom stereocenters. The van der Waals surface area contributed by atoms with Crippen molar-refractivity contribution in [2.75, 3.05) is 0 Å². The molecule has 0 saturated heterocycles. The van der Waals surface area contributed by atoms with Crippen molar-refractivity contribution >= 4 is 49.2 Å². The van der Waals surface area contributed by atoms with Crippen molar-refractivity contribution in [2.45, 2.75) is 31.0 Å². The summed E-state index contributed by atoms with van der Waals surface area (Å²) < 4.78 is 1.02. The lowest BCUT2D eigenvalue weighted by molar-refractivity contribution is -0.119. The van der Waals surface area contributed by atoms with Crippen molar-refractivity contribution in [3.63, 3.8) is 0 Å². The number of hydrogen-bond donors (Lipinski definition) is 0. The Balaban J connectivity index is 2.12. The minimum absolute atomic E-state index is 0.0925. The summed E-state index contributed by atoms with van der Waals surface area (Å²) in [6.45, 7) is 1.97. The van der Waals surface area contributed by atoms with Gasteiger partial charge < -0.3 is 0 Å². The third-order valence-corrected chi connectivity index (χ3v) is 4.94. The summed E-state index contributed by atoms with van der Waals surface area (Å²) in [5, 5.41) is 0.752. The molecule has 1 fully saturated rings. The van der Waals surface area contributed by atoms with E-state index in [2.05, 4.69) is 31.9 Å². The molecule has 4 heteroatoms. The van der Waals surface area contributed by atoms with Crippen LogP contribution in [0, 0.1) is 12.8 Å². The molecule has 0 radical (unpaired) electrons. The fourth-order valence-electron chi connectivity index (χ4n) is 1.76. The third kappa shape index (κ3) is 3.33. The van der Waals surface area contributed by atoms with E-state index in [1.54, 1.807) is 0 Å². The van der Waals surface area contributed by atoms with E-state index in [-0.39, 0.29) is 4.83 Å². The third-order valence-electron chi connectivity index (χ3n) is 3.02. The largest absolute Gasteiger partial charge is 0.298 e. The number of rotatable bonds is 4. The lowest BCUT2D eigenvalue weighted by Gasteiger charge is -2.11. The second-order valence-corrected chi connectivity index (χ2v) is 6.91. The maximum Gasteiger partial charge on any atom is 0.149 e.